The smallest absolute Gasteiger partial charge is 0.230 e. The summed E-state index contributed by atoms with van der Waals surface area (Å²) in [6.07, 6.45) is 8.90. The van der Waals surface area contributed by atoms with Crippen LogP contribution in [0.2, 0.25) is 0 Å². The van der Waals surface area contributed by atoms with Crippen LogP contribution in [0.5, 0.6) is 0 Å². The maximum atomic E-state index is 12.4. The zero-order valence-corrected chi connectivity index (χ0v) is 18.0. The number of aromatic amines is 1. The Balaban J connectivity index is 1.45. The molecule has 1 saturated carbocycles. The lowest BCUT2D eigenvalue weighted by molar-refractivity contribution is -0.119. The molecule has 0 unspecified atom stereocenters. The highest BCUT2D eigenvalue weighted by Crippen LogP contribution is 2.42. The minimum atomic E-state index is 0.0676. The third-order valence-electron chi connectivity index (χ3n) is 5.39. The van der Waals surface area contributed by atoms with E-state index in [1.807, 2.05) is 18.3 Å². The monoisotopic (exact) mass is 411 g/mol. The number of rotatable bonds is 10. The van der Waals surface area contributed by atoms with Crippen molar-refractivity contribution in [3.63, 3.8) is 0 Å². The Kier molecular flexibility index (Phi) is 6.23. The van der Waals surface area contributed by atoms with Gasteiger partial charge in [-0.3, -0.25) is 9.36 Å². The summed E-state index contributed by atoms with van der Waals surface area (Å²) in [6, 6.07) is 8.90. The number of unbranched alkanes of at least 4 members (excludes halogenated alkanes) is 2. The standard InChI is InChI=1S/C22H29N5OS/c1-3-4-5-8-15(2)24-20(28)14-29-22-26-25-21(27(22)16-11-12-16)18-13-23-19-10-7-6-9-17(18)19/h6-7,9-10,13,15-16,23H,3-5,8,11-12,14H2,1-2H3,(H,24,28)/t15-/m0/s1. The maximum Gasteiger partial charge on any atom is 0.230 e. The summed E-state index contributed by atoms with van der Waals surface area (Å²) < 4.78 is 2.22. The number of H-pyrrole nitrogens is 1. The van der Waals surface area contributed by atoms with Crippen molar-refractivity contribution >= 4 is 28.6 Å². The van der Waals surface area contributed by atoms with E-state index in [0.29, 0.717) is 11.8 Å². The Morgan fingerprint density at radius 2 is 2.14 bits per heavy atom. The lowest BCUT2D eigenvalue weighted by Crippen LogP contribution is -2.33. The van der Waals surface area contributed by atoms with Crippen LogP contribution in [0.15, 0.2) is 35.6 Å². The SMILES string of the molecule is CCCCC[C@H](C)NC(=O)CSc1nnc(-c2c[nH]c3ccccc23)n1C1CC1. The van der Waals surface area contributed by atoms with E-state index in [4.69, 9.17) is 0 Å². The fourth-order valence-corrected chi connectivity index (χ4v) is 4.51. The second-order valence-corrected chi connectivity index (χ2v) is 8.85. The van der Waals surface area contributed by atoms with Crippen LogP contribution in [0.25, 0.3) is 22.3 Å². The summed E-state index contributed by atoms with van der Waals surface area (Å²) in [5, 5.41) is 14.0. The first-order chi connectivity index (χ1) is 14.2. The van der Waals surface area contributed by atoms with Gasteiger partial charge in [0.05, 0.1) is 5.75 Å². The van der Waals surface area contributed by atoms with Gasteiger partial charge in [-0.05, 0) is 32.3 Å². The summed E-state index contributed by atoms with van der Waals surface area (Å²) >= 11 is 1.48. The number of hydrogen-bond donors (Lipinski definition) is 2. The fourth-order valence-electron chi connectivity index (χ4n) is 3.70. The Morgan fingerprint density at radius 3 is 2.93 bits per heavy atom. The first kappa shape index (κ1) is 20.0. The normalized spacial score (nSPS) is 15.0. The van der Waals surface area contributed by atoms with Crippen molar-refractivity contribution in [2.75, 3.05) is 5.75 Å². The second kappa shape index (κ2) is 9.03. The maximum absolute atomic E-state index is 12.4. The highest BCUT2D eigenvalue weighted by molar-refractivity contribution is 7.99. The predicted molar refractivity (Wildman–Crippen MR) is 118 cm³/mol. The number of amides is 1. The van der Waals surface area contributed by atoms with Crippen molar-refractivity contribution in [1.29, 1.82) is 0 Å². The van der Waals surface area contributed by atoms with Crippen molar-refractivity contribution in [1.82, 2.24) is 25.1 Å². The van der Waals surface area contributed by atoms with Crippen molar-refractivity contribution < 1.29 is 4.79 Å². The van der Waals surface area contributed by atoms with E-state index in [1.165, 1.54) is 24.6 Å². The molecule has 0 spiro atoms. The van der Waals surface area contributed by atoms with Gasteiger partial charge in [-0.25, -0.2) is 0 Å². The molecule has 3 aromatic rings. The van der Waals surface area contributed by atoms with Crippen LogP contribution in [-0.2, 0) is 4.79 Å². The van der Waals surface area contributed by atoms with Gasteiger partial charge in [0.2, 0.25) is 5.91 Å². The van der Waals surface area contributed by atoms with Crippen LogP contribution < -0.4 is 5.32 Å². The van der Waals surface area contributed by atoms with Gasteiger partial charge in [0, 0.05) is 34.7 Å². The van der Waals surface area contributed by atoms with Gasteiger partial charge in [0.15, 0.2) is 11.0 Å². The molecular formula is C22H29N5OS. The quantitative estimate of drug-likeness (QED) is 0.366. The average molecular weight is 412 g/mol. The molecule has 1 fully saturated rings. The number of fused-ring (bicyclic) bond motifs is 1. The molecule has 2 heterocycles. The molecule has 1 aliphatic rings. The minimum Gasteiger partial charge on any atom is -0.360 e. The molecule has 0 bridgehead atoms. The van der Waals surface area contributed by atoms with Crippen LogP contribution in [0.4, 0.5) is 0 Å². The van der Waals surface area contributed by atoms with Crippen LogP contribution in [0.3, 0.4) is 0 Å². The van der Waals surface area contributed by atoms with E-state index in [2.05, 4.69) is 51.0 Å². The molecule has 1 aliphatic carbocycles. The first-order valence-corrected chi connectivity index (χ1v) is 11.6. The largest absolute Gasteiger partial charge is 0.360 e. The molecule has 1 amide bonds. The summed E-state index contributed by atoms with van der Waals surface area (Å²) in [5.74, 6) is 1.33. The Morgan fingerprint density at radius 1 is 1.31 bits per heavy atom. The van der Waals surface area contributed by atoms with Crippen molar-refractivity contribution in [2.24, 2.45) is 0 Å². The molecule has 2 aromatic heterocycles. The van der Waals surface area contributed by atoms with E-state index in [1.54, 1.807) is 0 Å². The lowest BCUT2D eigenvalue weighted by Gasteiger charge is -2.13. The highest BCUT2D eigenvalue weighted by atomic mass is 32.2. The number of hydrogen-bond acceptors (Lipinski definition) is 4. The third kappa shape index (κ3) is 4.66. The molecule has 0 saturated heterocycles. The fraction of sp³-hybridized carbons (Fsp3) is 0.500. The molecule has 4 rings (SSSR count). The number of carbonyl (C=O) groups excluding carboxylic acids is 1. The zero-order chi connectivity index (χ0) is 20.2. The van der Waals surface area contributed by atoms with Gasteiger partial charge in [-0.1, -0.05) is 56.1 Å². The van der Waals surface area contributed by atoms with Gasteiger partial charge >= 0.3 is 0 Å². The van der Waals surface area contributed by atoms with E-state index in [0.717, 1.165) is 53.1 Å². The van der Waals surface area contributed by atoms with Crippen LogP contribution in [-0.4, -0.2) is 37.5 Å². The molecule has 0 radical (unpaired) electrons. The van der Waals surface area contributed by atoms with Crippen molar-refractivity contribution in [3.05, 3.63) is 30.5 Å². The molecule has 0 aliphatic heterocycles. The van der Waals surface area contributed by atoms with E-state index in [9.17, 15) is 4.79 Å². The molecule has 7 heteroatoms. The average Bonchev–Trinajstić information content (AvgIpc) is 3.32. The topological polar surface area (TPSA) is 75.6 Å². The van der Waals surface area contributed by atoms with E-state index < -0.39 is 0 Å². The Labute approximate surface area is 175 Å². The molecule has 1 aromatic carbocycles. The summed E-state index contributed by atoms with van der Waals surface area (Å²) in [4.78, 5) is 15.7. The highest BCUT2D eigenvalue weighted by Gasteiger charge is 2.31. The van der Waals surface area contributed by atoms with Crippen LogP contribution >= 0.6 is 11.8 Å². The molecule has 29 heavy (non-hydrogen) atoms. The van der Waals surface area contributed by atoms with Gasteiger partial charge < -0.3 is 10.3 Å². The first-order valence-electron chi connectivity index (χ1n) is 10.6. The van der Waals surface area contributed by atoms with Gasteiger partial charge in [-0.15, -0.1) is 10.2 Å². The number of para-hydroxylation sites is 1. The van der Waals surface area contributed by atoms with Crippen molar-refractivity contribution in [2.45, 2.75) is 69.6 Å². The summed E-state index contributed by atoms with van der Waals surface area (Å²) in [5.41, 5.74) is 2.17. The number of carbonyl (C=O) groups is 1. The van der Waals surface area contributed by atoms with E-state index in [-0.39, 0.29) is 11.9 Å². The number of benzene rings is 1. The van der Waals surface area contributed by atoms with Crippen LogP contribution in [0, 0.1) is 0 Å². The second-order valence-electron chi connectivity index (χ2n) is 7.91. The number of nitrogens with one attached hydrogen (secondary N) is 2. The van der Waals surface area contributed by atoms with Gasteiger partial charge in [0.25, 0.3) is 0 Å². The van der Waals surface area contributed by atoms with Crippen molar-refractivity contribution in [3.8, 4) is 11.4 Å². The molecular weight excluding hydrogens is 382 g/mol. The van der Waals surface area contributed by atoms with Crippen LogP contribution in [0.1, 0.15) is 58.4 Å². The Hall–Kier alpha value is -2.28. The lowest BCUT2D eigenvalue weighted by atomic mass is 10.1. The molecule has 2 N–H and O–H groups in total. The van der Waals surface area contributed by atoms with E-state index >= 15 is 0 Å². The summed E-state index contributed by atoms with van der Waals surface area (Å²) in [6.45, 7) is 4.28. The zero-order valence-electron chi connectivity index (χ0n) is 17.1. The number of aromatic nitrogens is 4. The molecule has 1 atom stereocenters. The van der Waals surface area contributed by atoms with Gasteiger partial charge in [-0.2, -0.15) is 0 Å². The molecule has 154 valence electrons. The number of nitrogens with zero attached hydrogens (tertiary/aromatic N) is 3. The van der Waals surface area contributed by atoms with Gasteiger partial charge in [0.1, 0.15) is 0 Å². The summed E-state index contributed by atoms with van der Waals surface area (Å²) in [7, 11) is 0. The number of thioether (sulfide) groups is 1. The minimum absolute atomic E-state index is 0.0676. The molecule has 6 nitrogen and oxygen atoms in total. The predicted octanol–water partition coefficient (Wildman–Crippen LogP) is 4.94. The third-order valence-corrected chi connectivity index (χ3v) is 6.33. The Bertz CT molecular complexity index is 975.